The number of amides is 1. The summed E-state index contributed by atoms with van der Waals surface area (Å²) in [4.78, 5) is 12.1. The molecular weight excluding hydrogens is 316 g/mol. The Labute approximate surface area is 111 Å². The number of rotatable bonds is 4. The molecule has 0 radical (unpaired) electrons. The van der Waals surface area contributed by atoms with Crippen LogP contribution >= 0.6 is 28.6 Å². The van der Waals surface area contributed by atoms with E-state index in [-0.39, 0.29) is 5.56 Å². The Morgan fingerprint density at radius 3 is 2.76 bits per heavy atom. The van der Waals surface area contributed by atoms with Gasteiger partial charge >= 0.3 is 0 Å². The van der Waals surface area contributed by atoms with E-state index in [1.54, 1.807) is 12.1 Å². The monoisotopic (exact) mass is 325 g/mol. The molecule has 0 spiro atoms. The van der Waals surface area contributed by atoms with Crippen molar-refractivity contribution in [3.05, 3.63) is 28.2 Å². The first-order valence-corrected chi connectivity index (χ1v) is 5.85. The number of nitrogens with one attached hydrogen (secondary N) is 1. The average molecular weight is 326 g/mol. The number of benzene rings is 1. The molecule has 1 amide bonds. The van der Waals surface area contributed by atoms with Gasteiger partial charge in [0.1, 0.15) is 6.61 Å². The van der Waals surface area contributed by atoms with Crippen molar-refractivity contribution >= 4 is 34.5 Å². The first kappa shape index (κ1) is 14.4. The van der Waals surface area contributed by atoms with E-state index in [0.717, 1.165) is 0 Å². The molecule has 0 saturated heterocycles. The molecule has 0 bridgehead atoms. The van der Waals surface area contributed by atoms with Crippen molar-refractivity contribution in [2.45, 2.75) is 10.8 Å². The molecule has 1 rings (SSSR count). The fourth-order valence-corrected chi connectivity index (χ4v) is 1.68. The number of aliphatic hydroxyl groups is 1. The number of carbonyl (C=O) groups is 1. The Morgan fingerprint density at radius 1 is 1.53 bits per heavy atom. The van der Waals surface area contributed by atoms with Crippen LogP contribution in [0.1, 0.15) is 10.4 Å². The highest BCUT2D eigenvalue weighted by Crippen LogP contribution is 2.20. The van der Waals surface area contributed by atoms with Crippen LogP contribution in [-0.2, 0) is 0 Å². The zero-order valence-corrected chi connectivity index (χ0v) is 11.1. The van der Waals surface area contributed by atoms with Crippen molar-refractivity contribution in [2.75, 3.05) is 13.2 Å². The van der Waals surface area contributed by atoms with Crippen LogP contribution in [0, 0.1) is 0 Å². The lowest BCUT2D eigenvalue weighted by atomic mass is 10.2. The van der Waals surface area contributed by atoms with Crippen LogP contribution in [0.2, 0.25) is 0 Å². The summed E-state index contributed by atoms with van der Waals surface area (Å²) in [5.74, 6) is -3.97. The topological polar surface area (TPSA) is 49.3 Å². The fraction of sp³-hybridized carbons (Fsp3) is 0.300. The van der Waals surface area contributed by atoms with Gasteiger partial charge in [0, 0.05) is 9.37 Å². The maximum atomic E-state index is 12.7. The summed E-state index contributed by atoms with van der Waals surface area (Å²) in [5, 5.41) is 10.4. The quantitative estimate of drug-likeness (QED) is 0.742. The minimum absolute atomic E-state index is 0.214. The van der Waals surface area contributed by atoms with Gasteiger partial charge in [-0.1, -0.05) is 0 Å². The SMILES string of the molecule is O=C(NCC(F)(F)CO)c1cc(S)ccc1Br. The Kier molecular flexibility index (Phi) is 4.91. The summed E-state index contributed by atoms with van der Waals surface area (Å²) in [6.45, 7) is -2.22. The van der Waals surface area contributed by atoms with Gasteiger partial charge in [-0.05, 0) is 34.1 Å². The van der Waals surface area contributed by atoms with Crippen LogP contribution in [0.5, 0.6) is 0 Å². The van der Waals surface area contributed by atoms with E-state index in [4.69, 9.17) is 5.11 Å². The summed E-state index contributed by atoms with van der Waals surface area (Å²) < 4.78 is 25.9. The second kappa shape index (κ2) is 5.79. The van der Waals surface area contributed by atoms with Crippen molar-refractivity contribution in [3.8, 4) is 0 Å². The predicted molar refractivity (Wildman–Crippen MR) is 65.8 cm³/mol. The van der Waals surface area contributed by atoms with Gasteiger partial charge in [0.05, 0.1) is 12.1 Å². The molecule has 94 valence electrons. The Bertz CT molecular complexity index is 429. The highest BCUT2D eigenvalue weighted by atomic mass is 79.9. The number of hydrogen-bond donors (Lipinski definition) is 3. The third-order valence-electron chi connectivity index (χ3n) is 1.93. The smallest absolute Gasteiger partial charge is 0.287 e. The van der Waals surface area contributed by atoms with Gasteiger partial charge in [-0.25, -0.2) is 8.78 Å². The molecule has 1 aromatic rings. The van der Waals surface area contributed by atoms with Crippen molar-refractivity contribution in [1.82, 2.24) is 5.32 Å². The second-order valence-electron chi connectivity index (χ2n) is 3.36. The summed E-state index contributed by atoms with van der Waals surface area (Å²) in [6.07, 6.45) is 0. The van der Waals surface area contributed by atoms with E-state index in [9.17, 15) is 13.6 Å². The predicted octanol–water partition coefficient (Wildman–Crippen LogP) is 2.10. The molecule has 0 fully saturated rings. The van der Waals surface area contributed by atoms with Crippen molar-refractivity contribution < 1.29 is 18.7 Å². The zero-order valence-electron chi connectivity index (χ0n) is 8.58. The van der Waals surface area contributed by atoms with Gasteiger partial charge < -0.3 is 10.4 Å². The van der Waals surface area contributed by atoms with Gasteiger partial charge in [-0.15, -0.1) is 12.6 Å². The van der Waals surface area contributed by atoms with Crippen LogP contribution in [0.15, 0.2) is 27.6 Å². The molecule has 0 aliphatic heterocycles. The molecule has 0 aliphatic rings. The first-order valence-electron chi connectivity index (χ1n) is 4.61. The lowest BCUT2D eigenvalue weighted by Gasteiger charge is -2.14. The maximum absolute atomic E-state index is 12.7. The fourth-order valence-electron chi connectivity index (χ4n) is 1.05. The van der Waals surface area contributed by atoms with Crippen LogP contribution < -0.4 is 5.32 Å². The van der Waals surface area contributed by atoms with Gasteiger partial charge in [-0.2, -0.15) is 0 Å². The molecule has 17 heavy (non-hydrogen) atoms. The molecule has 0 aliphatic carbocycles. The third-order valence-corrected chi connectivity index (χ3v) is 2.90. The van der Waals surface area contributed by atoms with Gasteiger partial charge in [0.15, 0.2) is 0 Å². The molecule has 2 N–H and O–H groups in total. The molecule has 3 nitrogen and oxygen atoms in total. The van der Waals surface area contributed by atoms with Crippen molar-refractivity contribution in [2.24, 2.45) is 0 Å². The van der Waals surface area contributed by atoms with E-state index >= 15 is 0 Å². The van der Waals surface area contributed by atoms with Crippen LogP contribution in [0.4, 0.5) is 8.78 Å². The van der Waals surface area contributed by atoms with Gasteiger partial charge in [0.2, 0.25) is 0 Å². The van der Waals surface area contributed by atoms with E-state index < -0.39 is 25.0 Å². The minimum atomic E-state index is -3.32. The Morgan fingerprint density at radius 2 is 2.18 bits per heavy atom. The number of hydrogen-bond acceptors (Lipinski definition) is 3. The largest absolute Gasteiger partial charge is 0.390 e. The number of aliphatic hydroxyl groups excluding tert-OH is 1. The van der Waals surface area contributed by atoms with E-state index in [0.29, 0.717) is 9.37 Å². The molecule has 0 saturated carbocycles. The molecule has 1 aromatic carbocycles. The molecule has 0 heterocycles. The van der Waals surface area contributed by atoms with Crippen molar-refractivity contribution in [3.63, 3.8) is 0 Å². The number of carbonyl (C=O) groups excluding carboxylic acids is 1. The number of alkyl halides is 2. The Balaban J connectivity index is 2.74. The number of thiol groups is 1. The Hall–Kier alpha value is -0.660. The minimum Gasteiger partial charge on any atom is -0.390 e. The summed E-state index contributed by atoms with van der Waals surface area (Å²) in [6, 6.07) is 4.72. The molecule has 0 unspecified atom stereocenters. The zero-order chi connectivity index (χ0) is 13.1. The van der Waals surface area contributed by atoms with Gasteiger partial charge in [-0.3, -0.25) is 4.79 Å². The molecule has 7 heteroatoms. The maximum Gasteiger partial charge on any atom is 0.287 e. The lowest BCUT2D eigenvalue weighted by Crippen LogP contribution is -2.39. The van der Waals surface area contributed by atoms with Gasteiger partial charge in [0.25, 0.3) is 11.8 Å². The van der Waals surface area contributed by atoms with E-state index in [1.807, 2.05) is 5.32 Å². The first-order chi connectivity index (χ1) is 7.85. The van der Waals surface area contributed by atoms with Crippen molar-refractivity contribution in [1.29, 1.82) is 0 Å². The van der Waals surface area contributed by atoms with Crippen LogP contribution in [0.3, 0.4) is 0 Å². The summed E-state index contributed by atoms with van der Waals surface area (Å²) in [5.41, 5.74) is 0.214. The third kappa shape index (κ3) is 4.25. The lowest BCUT2D eigenvalue weighted by molar-refractivity contribution is -0.0462. The van der Waals surface area contributed by atoms with Crippen LogP contribution in [0.25, 0.3) is 0 Å². The average Bonchev–Trinajstić information content (AvgIpc) is 2.29. The second-order valence-corrected chi connectivity index (χ2v) is 4.73. The summed E-state index contributed by atoms with van der Waals surface area (Å²) in [7, 11) is 0. The normalized spacial score (nSPS) is 11.4. The molecule has 0 atom stereocenters. The summed E-state index contributed by atoms with van der Waals surface area (Å²) >= 11 is 7.19. The van der Waals surface area contributed by atoms with E-state index in [1.165, 1.54) is 6.07 Å². The van der Waals surface area contributed by atoms with E-state index in [2.05, 4.69) is 28.6 Å². The highest BCUT2D eigenvalue weighted by molar-refractivity contribution is 9.10. The molecule has 0 aromatic heterocycles. The standard InChI is InChI=1S/C10H10BrF2NO2S/c11-8-2-1-6(17)3-7(8)9(16)14-4-10(12,13)5-15/h1-3,15,17H,4-5H2,(H,14,16). The molecular formula is C10H10BrF2NO2S. The number of halogens is 3. The highest BCUT2D eigenvalue weighted by Gasteiger charge is 2.28. The van der Waals surface area contributed by atoms with Crippen LogP contribution in [-0.4, -0.2) is 30.1 Å².